The second-order valence-corrected chi connectivity index (χ2v) is 11.7. The maximum absolute atomic E-state index is 13.2. The number of aromatic nitrogens is 1. The molecular weight excluding hydrogens is 499 g/mol. The van der Waals surface area contributed by atoms with E-state index in [1.54, 1.807) is 11.3 Å². The molecule has 2 aromatic carbocycles. The Kier molecular flexibility index (Phi) is 7.09. The minimum atomic E-state index is -0.0536. The molecule has 0 aliphatic carbocycles. The number of fused-ring (bicyclic) bond motifs is 4. The summed E-state index contributed by atoms with van der Waals surface area (Å²) < 4.78 is 1.19. The van der Waals surface area contributed by atoms with Crippen LogP contribution in [0.1, 0.15) is 37.8 Å². The molecule has 0 unspecified atom stereocenters. The predicted molar refractivity (Wildman–Crippen MR) is 148 cm³/mol. The van der Waals surface area contributed by atoms with E-state index in [1.807, 2.05) is 28.6 Å². The first-order valence-electron chi connectivity index (χ1n) is 12.1. The second-order valence-electron chi connectivity index (χ2n) is 9.98. The number of hydrogen-bond donors (Lipinski definition) is 1. The van der Waals surface area contributed by atoms with Gasteiger partial charge in [0.25, 0.3) is 0 Å². The number of hydrogen-bond acceptors (Lipinski definition) is 4. The Morgan fingerprint density at radius 1 is 1.20 bits per heavy atom. The number of carbonyl (C=O) groups excluding carboxylic acids is 1. The molecule has 0 saturated carbocycles. The summed E-state index contributed by atoms with van der Waals surface area (Å²) in [5.41, 5.74) is 6.27. The number of rotatable bonds is 5. The van der Waals surface area contributed by atoms with Crippen molar-refractivity contribution < 1.29 is 4.79 Å². The minimum absolute atomic E-state index is 0.00149. The SMILES string of the molecule is CC(C)CNC(=O)N1CC2(CCN(CC=Cc3ccc(Cl)c(Cl)c3)CC2)c2c1ccc1scnc21. The Bertz CT molecular complexity index is 1260. The maximum Gasteiger partial charge on any atom is 0.321 e. The van der Waals surface area contributed by atoms with Crippen LogP contribution in [0.5, 0.6) is 0 Å². The van der Waals surface area contributed by atoms with Crippen LogP contribution in [0.3, 0.4) is 0 Å². The van der Waals surface area contributed by atoms with E-state index in [1.165, 1.54) is 10.3 Å². The molecule has 8 heteroatoms. The molecule has 0 radical (unpaired) electrons. The van der Waals surface area contributed by atoms with E-state index in [9.17, 15) is 4.79 Å². The fourth-order valence-corrected chi connectivity index (χ4v) is 6.22. The summed E-state index contributed by atoms with van der Waals surface area (Å²) in [6.45, 7) is 8.46. The smallest absolute Gasteiger partial charge is 0.321 e. The molecule has 0 atom stereocenters. The van der Waals surface area contributed by atoms with E-state index >= 15 is 0 Å². The number of carbonyl (C=O) groups is 1. The van der Waals surface area contributed by atoms with Gasteiger partial charge in [0.05, 0.1) is 31.5 Å². The topological polar surface area (TPSA) is 48.5 Å². The third-order valence-corrected chi connectivity index (χ3v) is 8.63. The molecule has 5 nitrogen and oxygen atoms in total. The fourth-order valence-electron chi connectivity index (χ4n) is 5.23. The second kappa shape index (κ2) is 10.1. The molecule has 0 bridgehead atoms. The molecule has 1 fully saturated rings. The van der Waals surface area contributed by atoms with E-state index in [0.29, 0.717) is 22.5 Å². The van der Waals surface area contributed by atoms with Gasteiger partial charge in [0, 0.05) is 30.6 Å². The number of nitrogens with one attached hydrogen (secondary N) is 1. The van der Waals surface area contributed by atoms with Crippen LogP contribution >= 0.6 is 34.5 Å². The Morgan fingerprint density at radius 3 is 2.74 bits per heavy atom. The average molecular weight is 530 g/mol. The summed E-state index contributed by atoms with van der Waals surface area (Å²) in [5, 5.41) is 4.27. The lowest BCUT2D eigenvalue weighted by Crippen LogP contribution is -2.48. The van der Waals surface area contributed by atoms with Crippen LogP contribution < -0.4 is 10.2 Å². The summed E-state index contributed by atoms with van der Waals surface area (Å²) in [4.78, 5) is 22.3. The molecular formula is C27H30Cl2N4OS. The molecule has 1 spiro atoms. The lowest BCUT2D eigenvalue weighted by Gasteiger charge is -2.39. The third-order valence-electron chi connectivity index (χ3n) is 7.10. The van der Waals surface area contributed by atoms with Crippen LogP contribution in [0.15, 0.2) is 41.9 Å². The Balaban J connectivity index is 1.32. The van der Waals surface area contributed by atoms with Gasteiger partial charge >= 0.3 is 6.03 Å². The van der Waals surface area contributed by atoms with Gasteiger partial charge in [-0.25, -0.2) is 9.78 Å². The first kappa shape index (κ1) is 24.6. The highest BCUT2D eigenvalue weighted by Gasteiger charge is 2.47. The Morgan fingerprint density at radius 2 is 2.00 bits per heavy atom. The Hall–Kier alpha value is -2.12. The maximum atomic E-state index is 13.2. The van der Waals surface area contributed by atoms with Gasteiger partial charge in [0.1, 0.15) is 0 Å². The summed E-state index contributed by atoms with van der Waals surface area (Å²) in [6.07, 6.45) is 6.29. The summed E-state index contributed by atoms with van der Waals surface area (Å²) >= 11 is 13.8. The number of nitrogens with zero attached hydrogens (tertiary/aromatic N) is 3. The number of piperidine rings is 1. The number of halogens is 2. The zero-order valence-electron chi connectivity index (χ0n) is 20.1. The molecule has 2 aliphatic rings. The summed E-state index contributed by atoms with van der Waals surface area (Å²) in [6, 6.07) is 9.91. The van der Waals surface area contributed by atoms with Crippen LogP contribution in [0.2, 0.25) is 10.0 Å². The van der Waals surface area contributed by atoms with Gasteiger partial charge in [-0.05, 0) is 61.7 Å². The van der Waals surface area contributed by atoms with Crippen LogP contribution in [-0.4, -0.2) is 48.6 Å². The largest absolute Gasteiger partial charge is 0.337 e. The van der Waals surface area contributed by atoms with Crippen molar-refractivity contribution in [2.24, 2.45) is 5.92 Å². The van der Waals surface area contributed by atoms with Crippen molar-refractivity contribution in [3.63, 3.8) is 0 Å². The molecule has 3 heterocycles. The van der Waals surface area contributed by atoms with Gasteiger partial charge in [-0.2, -0.15) is 0 Å². The average Bonchev–Trinajstić information content (AvgIpc) is 3.44. The van der Waals surface area contributed by atoms with Gasteiger partial charge in [0.15, 0.2) is 0 Å². The van der Waals surface area contributed by atoms with E-state index in [4.69, 9.17) is 28.2 Å². The lowest BCUT2D eigenvalue weighted by molar-refractivity contribution is 0.180. The van der Waals surface area contributed by atoms with Gasteiger partial charge in [0.2, 0.25) is 0 Å². The number of urea groups is 1. The van der Waals surface area contributed by atoms with Gasteiger partial charge in [-0.1, -0.05) is 55.3 Å². The van der Waals surface area contributed by atoms with Crippen molar-refractivity contribution in [3.8, 4) is 0 Å². The number of amides is 2. The normalized spacial score (nSPS) is 17.7. The first-order chi connectivity index (χ1) is 16.9. The van der Waals surface area contributed by atoms with Gasteiger partial charge in [-0.15, -0.1) is 11.3 Å². The minimum Gasteiger partial charge on any atom is -0.337 e. The number of benzene rings is 2. The number of likely N-dealkylation sites (tertiary alicyclic amines) is 1. The van der Waals surface area contributed by atoms with E-state index in [-0.39, 0.29) is 11.4 Å². The number of anilines is 1. The standard InChI is InChI=1S/C27H30Cl2N4OS/c1-18(2)15-30-26(34)33-16-27(24-22(33)7-8-23-25(24)31-17-35-23)9-12-32(13-10-27)11-3-4-19-5-6-20(28)21(29)14-19/h3-8,14,17-18H,9-13,15-16H2,1-2H3,(H,30,34). The zero-order valence-corrected chi connectivity index (χ0v) is 22.4. The van der Waals surface area contributed by atoms with Crippen LogP contribution in [0, 0.1) is 5.92 Å². The van der Waals surface area contributed by atoms with Crippen LogP contribution in [0.4, 0.5) is 10.5 Å². The van der Waals surface area contributed by atoms with E-state index < -0.39 is 0 Å². The highest BCUT2D eigenvalue weighted by molar-refractivity contribution is 7.16. The fraction of sp³-hybridized carbons (Fsp3) is 0.407. The highest BCUT2D eigenvalue weighted by atomic mass is 35.5. The molecule has 1 saturated heterocycles. The molecule has 184 valence electrons. The van der Waals surface area contributed by atoms with Crippen molar-refractivity contribution in [2.75, 3.05) is 37.6 Å². The van der Waals surface area contributed by atoms with Crippen molar-refractivity contribution in [2.45, 2.75) is 32.1 Å². The van der Waals surface area contributed by atoms with E-state index in [2.05, 4.69) is 48.3 Å². The molecule has 1 N–H and O–H groups in total. The summed E-state index contributed by atoms with van der Waals surface area (Å²) in [7, 11) is 0. The van der Waals surface area contributed by atoms with Crippen molar-refractivity contribution in [1.82, 2.24) is 15.2 Å². The molecule has 2 aliphatic heterocycles. The first-order valence-corrected chi connectivity index (χ1v) is 13.8. The molecule has 35 heavy (non-hydrogen) atoms. The number of thiazole rings is 1. The van der Waals surface area contributed by atoms with Crippen molar-refractivity contribution >= 4 is 62.5 Å². The molecule has 5 rings (SSSR count). The van der Waals surface area contributed by atoms with Crippen molar-refractivity contribution in [1.29, 1.82) is 0 Å². The zero-order chi connectivity index (χ0) is 24.6. The van der Waals surface area contributed by atoms with Gasteiger partial charge in [-0.3, -0.25) is 9.80 Å². The highest BCUT2D eigenvalue weighted by Crippen LogP contribution is 2.50. The molecule has 1 aromatic heterocycles. The van der Waals surface area contributed by atoms with E-state index in [0.717, 1.165) is 55.8 Å². The van der Waals surface area contributed by atoms with Gasteiger partial charge < -0.3 is 5.32 Å². The van der Waals surface area contributed by atoms with Crippen LogP contribution in [0.25, 0.3) is 16.3 Å². The third kappa shape index (κ3) is 4.94. The molecule has 2 amide bonds. The Labute approximate surface area is 220 Å². The lowest BCUT2D eigenvalue weighted by atomic mass is 9.74. The predicted octanol–water partition coefficient (Wildman–Crippen LogP) is 6.84. The van der Waals surface area contributed by atoms with Crippen LogP contribution in [-0.2, 0) is 5.41 Å². The monoisotopic (exact) mass is 528 g/mol. The van der Waals surface area contributed by atoms with Crippen molar-refractivity contribution in [3.05, 3.63) is 63.1 Å². The molecule has 3 aromatic rings. The summed E-state index contributed by atoms with van der Waals surface area (Å²) in [5.74, 6) is 0.413. The quantitative estimate of drug-likeness (QED) is 0.394.